The molecule has 158 valence electrons. The van der Waals surface area contributed by atoms with Gasteiger partial charge in [-0.05, 0) is 17.7 Å². The molecule has 31 heavy (non-hydrogen) atoms. The van der Waals surface area contributed by atoms with Gasteiger partial charge in [0.25, 0.3) is 0 Å². The Hall–Kier alpha value is -3.78. The first-order chi connectivity index (χ1) is 15.0. The lowest BCUT2D eigenvalue weighted by Gasteiger charge is -2.19. The van der Waals surface area contributed by atoms with Crippen molar-refractivity contribution in [1.29, 1.82) is 0 Å². The van der Waals surface area contributed by atoms with E-state index in [1.807, 2.05) is 30.3 Å². The van der Waals surface area contributed by atoms with Crippen LogP contribution in [0.25, 0.3) is 0 Å². The molecule has 3 rings (SSSR count). The van der Waals surface area contributed by atoms with Crippen molar-refractivity contribution in [2.75, 3.05) is 18.5 Å². The van der Waals surface area contributed by atoms with E-state index in [4.69, 9.17) is 16.3 Å². The lowest BCUT2D eigenvalue weighted by Crippen LogP contribution is -2.39. The van der Waals surface area contributed by atoms with Crippen molar-refractivity contribution in [3.8, 4) is 0 Å². The fourth-order valence-electron chi connectivity index (χ4n) is 2.69. The molecule has 0 atom stereocenters. The zero-order valence-corrected chi connectivity index (χ0v) is 17.4. The van der Waals surface area contributed by atoms with E-state index in [0.29, 0.717) is 0 Å². The summed E-state index contributed by atoms with van der Waals surface area (Å²) in [4.78, 5) is 46.5. The number of likely N-dealkylation sites (N-methyl/N-ethyl adjacent to an activating group) is 1. The van der Waals surface area contributed by atoms with Gasteiger partial charge < -0.3 is 15.0 Å². The number of nitrogens with one attached hydrogen (secondary N) is 1. The van der Waals surface area contributed by atoms with Crippen LogP contribution in [0.3, 0.4) is 0 Å². The van der Waals surface area contributed by atoms with E-state index in [2.05, 4.69) is 15.3 Å². The lowest BCUT2D eigenvalue weighted by molar-refractivity contribution is -0.117. The first-order valence-electron chi connectivity index (χ1n) is 9.27. The summed E-state index contributed by atoms with van der Waals surface area (Å²) in [5.41, 5.74) is 1.29. The van der Waals surface area contributed by atoms with E-state index >= 15 is 0 Å². The lowest BCUT2D eigenvalue weighted by atomic mass is 10.1. The van der Waals surface area contributed by atoms with Gasteiger partial charge >= 0.3 is 6.09 Å². The second-order valence-electron chi connectivity index (χ2n) is 6.43. The molecule has 0 fully saturated rings. The van der Waals surface area contributed by atoms with Gasteiger partial charge in [-0.15, -0.1) is 0 Å². The van der Waals surface area contributed by atoms with E-state index in [1.54, 1.807) is 24.3 Å². The third kappa shape index (κ3) is 5.64. The largest absolute Gasteiger partial charge is 0.445 e. The number of aromatic nitrogens is 2. The third-order valence-electron chi connectivity index (χ3n) is 4.36. The minimum Gasteiger partial charge on any atom is -0.445 e. The van der Waals surface area contributed by atoms with Crippen molar-refractivity contribution in [3.63, 3.8) is 0 Å². The molecule has 0 bridgehead atoms. The number of alkyl carbamates (subject to hydrolysis) is 1. The van der Waals surface area contributed by atoms with E-state index < -0.39 is 17.8 Å². The van der Waals surface area contributed by atoms with Crippen molar-refractivity contribution in [2.24, 2.45) is 0 Å². The van der Waals surface area contributed by atoms with Crippen LogP contribution in [0.15, 0.2) is 67.1 Å². The summed E-state index contributed by atoms with van der Waals surface area (Å²) in [7, 11) is 1.46. The number of carbonyl (C=O) groups is 3. The van der Waals surface area contributed by atoms with Crippen molar-refractivity contribution < 1.29 is 19.1 Å². The second kappa shape index (κ2) is 10.3. The zero-order valence-electron chi connectivity index (χ0n) is 16.6. The number of benzene rings is 2. The molecule has 0 saturated heterocycles. The molecule has 1 heterocycles. The highest BCUT2D eigenvalue weighted by molar-refractivity contribution is 6.35. The number of rotatable bonds is 7. The van der Waals surface area contributed by atoms with Gasteiger partial charge in [0.05, 0.1) is 16.9 Å². The number of ether oxygens (including phenoxy) is 1. The average Bonchev–Trinajstić information content (AvgIpc) is 2.81. The van der Waals surface area contributed by atoms with Crippen LogP contribution in [0.2, 0.25) is 5.02 Å². The number of amides is 2. The van der Waals surface area contributed by atoms with Crippen molar-refractivity contribution in [1.82, 2.24) is 15.3 Å². The topological polar surface area (TPSA) is 101 Å². The molecule has 0 aliphatic carbocycles. The minimum absolute atomic E-state index is 0.0191. The molecule has 3 aromatic rings. The predicted octanol–water partition coefficient (Wildman–Crippen LogP) is 3.25. The Kier molecular flexibility index (Phi) is 7.29. The van der Waals surface area contributed by atoms with Gasteiger partial charge in [-0.25, -0.2) is 14.8 Å². The smallest absolute Gasteiger partial charge is 0.407 e. The Morgan fingerprint density at radius 2 is 1.77 bits per heavy atom. The van der Waals surface area contributed by atoms with Crippen LogP contribution in [0, 0.1) is 0 Å². The highest BCUT2D eigenvalue weighted by atomic mass is 35.5. The van der Waals surface area contributed by atoms with Crippen LogP contribution < -0.4 is 10.2 Å². The normalized spacial score (nSPS) is 10.3. The van der Waals surface area contributed by atoms with Crippen LogP contribution >= 0.6 is 11.6 Å². The minimum atomic E-state index is -0.734. The van der Waals surface area contributed by atoms with E-state index in [1.165, 1.54) is 24.5 Å². The fourth-order valence-corrected chi connectivity index (χ4v) is 2.91. The van der Waals surface area contributed by atoms with Crippen molar-refractivity contribution in [3.05, 3.63) is 89.0 Å². The number of carbonyl (C=O) groups excluding carboxylic acids is 3. The summed E-state index contributed by atoms with van der Waals surface area (Å²) in [5, 5.41) is 2.67. The summed E-state index contributed by atoms with van der Waals surface area (Å²) >= 11 is 6.12. The van der Waals surface area contributed by atoms with Gasteiger partial charge in [0.2, 0.25) is 11.7 Å². The summed E-state index contributed by atoms with van der Waals surface area (Å²) in [6.45, 7) is -0.252. The number of ketones is 1. The van der Waals surface area contributed by atoms with Gasteiger partial charge in [0.1, 0.15) is 25.2 Å². The molecule has 1 aromatic heterocycles. The molecule has 2 aromatic carbocycles. The summed E-state index contributed by atoms with van der Waals surface area (Å²) in [5.74, 6) is -0.933. The molecular formula is C22H19ClN4O4. The van der Waals surface area contributed by atoms with Gasteiger partial charge in [0, 0.05) is 12.6 Å². The van der Waals surface area contributed by atoms with Crippen LogP contribution in [-0.2, 0) is 16.1 Å². The monoisotopic (exact) mass is 438 g/mol. The number of anilines is 1. The maximum Gasteiger partial charge on any atom is 0.407 e. The first-order valence-corrected chi connectivity index (χ1v) is 9.65. The van der Waals surface area contributed by atoms with Crippen LogP contribution in [0.4, 0.5) is 10.5 Å². The number of hydrogen-bond acceptors (Lipinski definition) is 6. The van der Waals surface area contributed by atoms with Crippen molar-refractivity contribution in [2.45, 2.75) is 6.61 Å². The van der Waals surface area contributed by atoms with Gasteiger partial charge in [-0.2, -0.15) is 0 Å². The molecule has 0 aliphatic rings. The molecular weight excluding hydrogens is 420 g/mol. The Labute approximate surface area is 183 Å². The van der Waals surface area contributed by atoms with Crippen LogP contribution in [0.1, 0.15) is 21.6 Å². The number of nitrogens with zero attached hydrogens (tertiary/aromatic N) is 3. The molecule has 9 heteroatoms. The predicted molar refractivity (Wildman–Crippen MR) is 115 cm³/mol. The number of halogens is 1. The Balaban J connectivity index is 1.64. The van der Waals surface area contributed by atoms with E-state index in [9.17, 15) is 14.4 Å². The van der Waals surface area contributed by atoms with E-state index in [0.717, 1.165) is 5.56 Å². The maximum absolute atomic E-state index is 12.9. The van der Waals surface area contributed by atoms with Crippen LogP contribution in [0.5, 0.6) is 0 Å². The number of hydrogen-bond donors (Lipinski definition) is 1. The average molecular weight is 439 g/mol. The summed E-state index contributed by atoms with van der Waals surface area (Å²) in [6.07, 6.45) is 1.83. The van der Waals surface area contributed by atoms with Crippen LogP contribution in [-0.4, -0.2) is 41.3 Å². The first kappa shape index (κ1) is 21.9. The molecule has 0 spiro atoms. The SMILES string of the molecule is CN(C(=O)CNC(=O)OCc1ccccc1)c1cncnc1C(=O)c1ccccc1Cl. The standard InChI is InChI=1S/C22H19ClN4O4/c1-27(19(28)12-25-22(30)31-13-15-7-3-2-4-8-15)18-11-24-14-26-20(18)21(29)16-9-5-6-10-17(16)23/h2-11,14H,12-13H2,1H3,(H,25,30). The summed E-state index contributed by atoms with van der Waals surface area (Å²) in [6, 6.07) is 15.7. The fraction of sp³-hybridized carbons (Fsp3) is 0.136. The molecule has 8 nitrogen and oxygen atoms in total. The van der Waals surface area contributed by atoms with Gasteiger partial charge in [-0.3, -0.25) is 9.59 Å². The van der Waals surface area contributed by atoms with Gasteiger partial charge in [0.15, 0.2) is 0 Å². The van der Waals surface area contributed by atoms with Gasteiger partial charge in [-0.1, -0.05) is 54.1 Å². The molecule has 0 unspecified atom stereocenters. The molecule has 0 radical (unpaired) electrons. The van der Waals surface area contributed by atoms with E-state index in [-0.39, 0.29) is 35.1 Å². The Bertz CT molecular complexity index is 1090. The molecule has 2 amide bonds. The zero-order chi connectivity index (χ0) is 22.2. The highest BCUT2D eigenvalue weighted by Crippen LogP contribution is 2.23. The Morgan fingerprint density at radius 3 is 2.52 bits per heavy atom. The summed E-state index contributed by atoms with van der Waals surface area (Å²) < 4.78 is 5.08. The molecule has 0 saturated carbocycles. The second-order valence-corrected chi connectivity index (χ2v) is 6.84. The maximum atomic E-state index is 12.9. The third-order valence-corrected chi connectivity index (χ3v) is 4.69. The molecule has 0 aliphatic heterocycles. The Morgan fingerprint density at radius 1 is 1.06 bits per heavy atom. The molecule has 1 N–H and O–H groups in total. The quantitative estimate of drug-likeness (QED) is 0.568. The highest BCUT2D eigenvalue weighted by Gasteiger charge is 2.23. The van der Waals surface area contributed by atoms with Crippen molar-refractivity contribution >= 4 is 35.1 Å².